The fourth-order valence-electron chi connectivity index (χ4n) is 1.14. The minimum atomic E-state index is -0.0766. The van der Waals surface area contributed by atoms with Crippen molar-refractivity contribution in [2.24, 2.45) is 0 Å². The average Bonchev–Trinajstić information content (AvgIpc) is 1.97. The molecule has 1 aliphatic heterocycles. The predicted molar refractivity (Wildman–Crippen MR) is 45.6 cm³/mol. The fourth-order valence-corrected chi connectivity index (χ4v) is 1.14. The number of aliphatic hydroxyl groups is 1. The SMILES string of the molecule is CCC(C)(CO)NC1CNC1. The molecule has 0 spiro atoms. The van der Waals surface area contributed by atoms with Gasteiger partial charge in [-0.3, -0.25) is 0 Å². The van der Waals surface area contributed by atoms with E-state index >= 15 is 0 Å². The largest absolute Gasteiger partial charge is 0.394 e. The molecular weight excluding hydrogens is 140 g/mol. The zero-order valence-corrected chi connectivity index (χ0v) is 7.35. The summed E-state index contributed by atoms with van der Waals surface area (Å²) in [6.07, 6.45) is 0.972. The molecule has 1 fully saturated rings. The molecule has 0 saturated carbocycles. The summed E-state index contributed by atoms with van der Waals surface area (Å²) in [5.74, 6) is 0. The van der Waals surface area contributed by atoms with Gasteiger partial charge in [0.05, 0.1) is 6.61 Å². The second kappa shape index (κ2) is 3.52. The minimum absolute atomic E-state index is 0.0766. The van der Waals surface area contributed by atoms with Gasteiger partial charge < -0.3 is 15.7 Å². The first-order valence-electron chi connectivity index (χ1n) is 4.29. The van der Waals surface area contributed by atoms with Crippen molar-refractivity contribution in [2.75, 3.05) is 19.7 Å². The molecule has 0 aliphatic carbocycles. The van der Waals surface area contributed by atoms with E-state index in [1.54, 1.807) is 0 Å². The molecule has 1 rings (SSSR count). The number of aliphatic hydroxyl groups excluding tert-OH is 1. The summed E-state index contributed by atoms with van der Waals surface area (Å²) in [4.78, 5) is 0. The lowest BCUT2D eigenvalue weighted by molar-refractivity contribution is 0.144. The maximum atomic E-state index is 9.07. The molecule has 3 nitrogen and oxygen atoms in total. The zero-order chi connectivity index (χ0) is 8.32. The lowest BCUT2D eigenvalue weighted by Gasteiger charge is -2.37. The predicted octanol–water partition coefficient (Wildman–Crippen LogP) is -0.291. The van der Waals surface area contributed by atoms with Gasteiger partial charge in [0.1, 0.15) is 0 Å². The van der Waals surface area contributed by atoms with E-state index in [9.17, 15) is 0 Å². The molecule has 0 radical (unpaired) electrons. The van der Waals surface area contributed by atoms with Crippen LogP contribution in [0.5, 0.6) is 0 Å². The number of nitrogens with one attached hydrogen (secondary N) is 2. The molecule has 1 atom stereocenters. The Bertz CT molecular complexity index is 119. The van der Waals surface area contributed by atoms with Gasteiger partial charge in [-0.25, -0.2) is 0 Å². The lowest BCUT2D eigenvalue weighted by atomic mass is 9.97. The van der Waals surface area contributed by atoms with Crippen LogP contribution in [0.2, 0.25) is 0 Å². The van der Waals surface area contributed by atoms with Crippen molar-refractivity contribution in [1.82, 2.24) is 10.6 Å². The molecule has 1 saturated heterocycles. The zero-order valence-electron chi connectivity index (χ0n) is 7.35. The fraction of sp³-hybridized carbons (Fsp3) is 1.00. The maximum absolute atomic E-state index is 9.07. The Balaban J connectivity index is 2.29. The van der Waals surface area contributed by atoms with E-state index in [1.807, 2.05) is 0 Å². The summed E-state index contributed by atoms with van der Waals surface area (Å²) in [5, 5.41) is 15.7. The van der Waals surface area contributed by atoms with Crippen LogP contribution in [-0.4, -0.2) is 36.4 Å². The normalized spacial score (nSPS) is 24.3. The molecule has 3 heteroatoms. The van der Waals surface area contributed by atoms with Gasteiger partial charge in [-0.05, 0) is 13.3 Å². The van der Waals surface area contributed by atoms with Crippen molar-refractivity contribution in [2.45, 2.75) is 31.8 Å². The number of hydrogen-bond donors (Lipinski definition) is 3. The molecule has 0 amide bonds. The summed E-state index contributed by atoms with van der Waals surface area (Å²) in [6.45, 7) is 6.45. The second-order valence-electron chi connectivity index (χ2n) is 3.57. The Morgan fingerprint density at radius 2 is 2.27 bits per heavy atom. The minimum Gasteiger partial charge on any atom is -0.394 e. The highest BCUT2D eigenvalue weighted by molar-refractivity contribution is 4.90. The molecule has 0 aromatic carbocycles. The van der Waals surface area contributed by atoms with Crippen LogP contribution in [0, 0.1) is 0 Å². The summed E-state index contributed by atoms with van der Waals surface area (Å²) in [7, 11) is 0. The van der Waals surface area contributed by atoms with Gasteiger partial charge in [-0.1, -0.05) is 6.92 Å². The second-order valence-corrected chi connectivity index (χ2v) is 3.57. The van der Waals surface area contributed by atoms with Crippen LogP contribution in [0.1, 0.15) is 20.3 Å². The van der Waals surface area contributed by atoms with Crippen LogP contribution in [0.25, 0.3) is 0 Å². The van der Waals surface area contributed by atoms with Crippen LogP contribution in [0.4, 0.5) is 0 Å². The quantitative estimate of drug-likeness (QED) is 0.527. The van der Waals surface area contributed by atoms with Crippen LogP contribution in [0.3, 0.4) is 0 Å². The van der Waals surface area contributed by atoms with Gasteiger partial charge in [0.2, 0.25) is 0 Å². The lowest BCUT2D eigenvalue weighted by Crippen LogP contribution is -2.62. The molecule has 1 unspecified atom stereocenters. The smallest absolute Gasteiger partial charge is 0.0610 e. The van der Waals surface area contributed by atoms with Crippen LogP contribution in [-0.2, 0) is 0 Å². The first kappa shape index (κ1) is 8.97. The van der Waals surface area contributed by atoms with E-state index in [2.05, 4.69) is 24.5 Å². The summed E-state index contributed by atoms with van der Waals surface area (Å²) in [6, 6.07) is 0.562. The maximum Gasteiger partial charge on any atom is 0.0610 e. The van der Waals surface area contributed by atoms with Crippen LogP contribution >= 0.6 is 0 Å². The van der Waals surface area contributed by atoms with Crippen molar-refractivity contribution in [3.8, 4) is 0 Å². The third-order valence-corrected chi connectivity index (χ3v) is 2.46. The number of rotatable bonds is 4. The average molecular weight is 158 g/mol. The van der Waals surface area contributed by atoms with Gasteiger partial charge in [-0.15, -0.1) is 0 Å². The first-order valence-corrected chi connectivity index (χ1v) is 4.29. The Morgan fingerprint density at radius 3 is 2.55 bits per heavy atom. The number of hydrogen-bond acceptors (Lipinski definition) is 3. The molecule has 3 N–H and O–H groups in total. The van der Waals surface area contributed by atoms with Crippen molar-refractivity contribution >= 4 is 0 Å². The first-order chi connectivity index (χ1) is 5.20. The molecule has 1 heterocycles. The molecule has 1 aliphatic rings. The van der Waals surface area contributed by atoms with E-state index in [1.165, 1.54) is 0 Å². The van der Waals surface area contributed by atoms with E-state index < -0.39 is 0 Å². The Labute approximate surface area is 68.2 Å². The third kappa shape index (κ3) is 2.15. The third-order valence-electron chi connectivity index (χ3n) is 2.46. The van der Waals surface area contributed by atoms with E-state index in [0.717, 1.165) is 19.5 Å². The molecule has 0 aromatic heterocycles. The van der Waals surface area contributed by atoms with Gasteiger partial charge in [0.15, 0.2) is 0 Å². The highest BCUT2D eigenvalue weighted by Gasteiger charge is 2.27. The molecule has 0 bridgehead atoms. The van der Waals surface area contributed by atoms with Crippen LogP contribution in [0.15, 0.2) is 0 Å². The summed E-state index contributed by atoms with van der Waals surface area (Å²) >= 11 is 0. The molecule has 0 aromatic rings. The van der Waals surface area contributed by atoms with Gasteiger partial charge in [-0.2, -0.15) is 0 Å². The van der Waals surface area contributed by atoms with Crippen molar-refractivity contribution in [1.29, 1.82) is 0 Å². The highest BCUT2D eigenvalue weighted by atomic mass is 16.3. The van der Waals surface area contributed by atoms with Gasteiger partial charge in [0.25, 0.3) is 0 Å². The van der Waals surface area contributed by atoms with Crippen molar-refractivity contribution < 1.29 is 5.11 Å². The summed E-state index contributed by atoms with van der Waals surface area (Å²) in [5.41, 5.74) is -0.0766. The van der Waals surface area contributed by atoms with Crippen molar-refractivity contribution in [3.63, 3.8) is 0 Å². The van der Waals surface area contributed by atoms with Crippen molar-refractivity contribution in [3.05, 3.63) is 0 Å². The molecular formula is C8H18N2O. The van der Waals surface area contributed by atoms with Crippen LogP contribution < -0.4 is 10.6 Å². The molecule has 11 heavy (non-hydrogen) atoms. The summed E-state index contributed by atoms with van der Waals surface area (Å²) < 4.78 is 0. The van der Waals surface area contributed by atoms with E-state index in [4.69, 9.17) is 5.11 Å². The van der Waals surface area contributed by atoms with Gasteiger partial charge >= 0.3 is 0 Å². The van der Waals surface area contributed by atoms with Gasteiger partial charge in [0, 0.05) is 24.7 Å². The topological polar surface area (TPSA) is 44.3 Å². The Kier molecular flexibility index (Phi) is 2.87. The molecule has 66 valence electrons. The van der Waals surface area contributed by atoms with E-state index in [-0.39, 0.29) is 12.1 Å². The standard InChI is InChI=1S/C8H18N2O/c1-3-8(2,6-11)10-7-4-9-5-7/h7,9-11H,3-6H2,1-2H3. The monoisotopic (exact) mass is 158 g/mol. The Hall–Kier alpha value is -0.120. The van der Waals surface area contributed by atoms with E-state index in [0.29, 0.717) is 6.04 Å². The Morgan fingerprint density at radius 1 is 1.64 bits per heavy atom. The highest BCUT2D eigenvalue weighted by Crippen LogP contribution is 2.10.